The molecule has 1 unspecified atom stereocenters. The van der Waals surface area contributed by atoms with Crippen LogP contribution < -0.4 is 9.47 Å². The van der Waals surface area contributed by atoms with Crippen LogP contribution in [-0.2, 0) is 6.61 Å². The van der Waals surface area contributed by atoms with Gasteiger partial charge in [0.25, 0.3) is 0 Å². The van der Waals surface area contributed by atoms with Gasteiger partial charge in [0.05, 0.1) is 12.7 Å². The van der Waals surface area contributed by atoms with Crippen LogP contribution >= 0.6 is 0 Å². The molecule has 170 valence electrons. The van der Waals surface area contributed by atoms with E-state index in [1.807, 2.05) is 48.5 Å². The molecule has 0 fully saturated rings. The van der Waals surface area contributed by atoms with Crippen LogP contribution in [0.4, 0.5) is 0 Å². The minimum atomic E-state index is -0.446. The van der Waals surface area contributed by atoms with Gasteiger partial charge >= 0.3 is 0 Å². The van der Waals surface area contributed by atoms with Gasteiger partial charge in [-0.25, -0.2) is 0 Å². The lowest BCUT2D eigenvalue weighted by molar-refractivity contribution is 0.199. The Balaban J connectivity index is 1.44. The van der Waals surface area contributed by atoms with E-state index >= 15 is 0 Å². The summed E-state index contributed by atoms with van der Waals surface area (Å²) in [6.45, 7) is 5.31. The van der Waals surface area contributed by atoms with Crippen molar-refractivity contribution in [2.45, 2.75) is 65.1 Å². The van der Waals surface area contributed by atoms with Gasteiger partial charge < -0.3 is 14.6 Å². The van der Waals surface area contributed by atoms with Crippen LogP contribution in [0.5, 0.6) is 11.5 Å². The number of benzene rings is 3. The van der Waals surface area contributed by atoms with Crippen LogP contribution in [0.15, 0.2) is 72.8 Å². The Labute approximate surface area is 193 Å². The fourth-order valence-electron chi connectivity index (χ4n) is 3.62. The van der Waals surface area contributed by atoms with Gasteiger partial charge in [0.1, 0.15) is 18.1 Å². The highest BCUT2D eigenvalue weighted by molar-refractivity contribution is 5.64. The average molecular weight is 433 g/mol. The maximum atomic E-state index is 9.60. The van der Waals surface area contributed by atoms with Gasteiger partial charge in [-0.15, -0.1) is 0 Å². The highest BCUT2D eigenvalue weighted by Gasteiger charge is 2.03. The average Bonchev–Trinajstić information content (AvgIpc) is 2.83. The largest absolute Gasteiger partial charge is 0.494 e. The topological polar surface area (TPSA) is 38.7 Å². The van der Waals surface area contributed by atoms with E-state index in [1.54, 1.807) is 6.92 Å². The highest BCUT2D eigenvalue weighted by Crippen LogP contribution is 2.25. The molecule has 0 heterocycles. The van der Waals surface area contributed by atoms with Gasteiger partial charge in [0.2, 0.25) is 0 Å². The van der Waals surface area contributed by atoms with E-state index in [2.05, 4.69) is 31.2 Å². The minimum Gasteiger partial charge on any atom is -0.494 e. The molecule has 0 aliphatic heterocycles. The second kappa shape index (κ2) is 12.9. The molecule has 3 aromatic rings. The molecule has 0 amide bonds. The summed E-state index contributed by atoms with van der Waals surface area (Å²) in [7, 11) is 0. The molecule has 0 radical (unpaired) electrons. The Hall–Kier alpha value is -2.78. The lowest BCUT2D eigenvalue weighted by Gasteiger charge is -2.10. The molecule has 1 N–H and O–H groups in total. The number of rotatable bonds is 13. The fourth-order valence-corrected chi connectivity index (χ4v) is 3.62. The van der Waals surface area contributed by atoms with Crippen molar-refractivity contribution in [3.8, 4) is 22.6 Å². The number of hydrogen-bond donors (Lipinski definition) is 1. The number of ether oxygens (including phenoxy) is 2. The molecule has 0 bridgehead atoms. The van der Waals surface area contributed by atoms with Crippen molar-refractivity contribution < 1.29 is 14.6 Å². The van der Waals surface area contributed by atoms with Crippen molar-refractivity contribution in [1.29, 1.82) is 0 Å². The molecular weight excluding hydrogens is 396 g/mol. The van der Waals surface area contributed by atoms with Crippen LogP contribution in [0, 0.1) is 0 Å². The Morgan fingerprint density at radius 3 is 1.75 bits per heavy atom. The summed E-state index contributed by atoms with van der Waals surface area (Å²) in [5.74, 6) is 1.77. The number of unbranched alkanes of at least 4 members (excludes halogenated alkanes) is 5. The quantitative estimate of drug-likeness (QED) is 0.281. The third-order valence-electron chi connectivity index (χ3n) is 5.68. The first-order chi connectivity index (χ1) is 15.7. The van der Waals surface area contributed by atoms with Crippen molar-refractivity contribution in [2.75, 3.05) is 6.61 Å². The normalized spacial score (nSPS) is 11.8. The summed E-state index contributed by atoms with van der Waals surface area (Å²) in [5, 5.41) is 9.60. The summed E-state index contributed by atoms with van der Waals surface area (Å²) in [6.07, 6.45) is 7.21. The first kappa shape index (κ1) is 23.9. The van der Waals surface area contributed by atoms with E-state index in [0.717, 1.165) is 46.8 Å². The van der Waals surface area contributed by atoms with Crippen LogP contribution in [0.2, 0.25) is 0 Å². The first-order valence-corrected chi connectivity index (χ1v) is 11.9. The van der Waals surface area contributed by atoms with E-state index < -0.39 is 6.10 Å². The predicted molar refractivity (Wildman–Crippen MR) is 132 cm³/mol. The Kier molecular flexibility index (Phi) is 9.64. The molecule has 0 saturated heterocycles. The van der Waals surface area contributed by atoms with Crippen molar-refractivity contribution in [2.24, 2.45) is 0 Å². The predicted octanol–water partition coefficient (Wildman–Crippen LogP) is 7.73. The third kappa shape index (κ3) is 7.72. The van der Waals surface area contributed by atoms with Crippen LogP contribution in [0.1, 0.15) is 69.6 Å². The summed E-state index contributed by atoms with van der Waals surface area (Å²) in [6, 6.07) is 24.3. The van der Waals surface area contributed by atoms with Gasteiger partial charge in [0.15, 0.2) is 0 Å². The van der Waals surface area contributed by atoms with Crippen LogP contribution in [0.3, 0.4) is 0 Å². The third-order valence-corrected chi connectivity index (χ3v) is 5.68. The molecule has 0 aliphatic rings. The zero-order valence-electron chi connectivity index (χ0n) is 19.4. The van der Waals surface area contributed by atoms with Gasteiger partial charge in [-0.1, -0.05) is 87.6 Å². The smallest absolute Gasteiger partial charge is 0.119 e. The van der Waals surface area contributed by atoms with E-state index in [1.165, 1.54) is 32.1 Å². The molecule has 0 saturated carbocycles. The fraction of sp³-hybridized carbons (Fsp3) is 0.379. The zero-order chi connectivity index (χ0) is 22.6. The van der Waals surface area contributed by atoms with Crippen molar-refractivity contribution in [1.82, 2.24) is 0 Å². The van der Waals surface area contributed by atoms with Crippen molar-refractivity contribution >= 4 is 0 Å². The molecule has 0 aromatic heterocycles. The summed E-state index contributed by atoms with van der Waals surface area (Å²) < 4.78 is 11.8. The Morgan fingerprint density at radius 2 is 1.19 bits per heavy atom. The van der Waals surface area contributed by atoms with Crippen molar-refractivity contribution in [3.63, 3.8) is 0 Å². The molecule has 1 atom stereocenters. The number of aliphatic hydroxyl groups excluding tert-OH is 1. The van der Waals surface area contributed by atoms with Gasteiger partial charge in [-0.3, -0.25) is 0 Å². The highest BCUT2D eigenvalue weighted by atomic mass is 16.5. The standard InChI is InChI=1S/C29H36O3/c1-3-4-5-6-7-8-21-31-28-17-13-26(14-18-28)27-15-19-29(20-16-27)32-22-24-9-11-25(12-10-24)23(2)30/h9-20,23,30H,3-8,21-22H2,1-2H3. The molecule has 32 heavy (non-hydrogen) atoms. The molecule has 0 spiro atoms. The monoisotopic (exact) mass is 432 g/mol. The Bertz CT molecular complexity index is 897. The van der Waals surface area contributed by atoms with Gasteiger partial charge in [-0.2, -0.15) is 0 Å². The molecule has 3 rings (SSSR count). The SMILES string of the molecule is CCCCCCCCOc1ccc(-c2ccc(OCc3ccc(C(C)O)cc3)cc2)cc1. The summed E-state index contributed by atoms with van der Waals surface area (Å²) in [5.41, 5.74) is 4.31. The second-order valence-corrected chi connectivity index (χ2v) is 8.37. The van der Waals surface area contributed by atoms with Crippen molar-refractivity contribution in [3.05, 3.63) is 83.9 Å². The van der Waals surface area contributed by atoms with E-state index in [-0.39, 0.29) is 0 Å². The van der Waals surface area contributed by atoms with E-state index in [0.29, 0.717) is 6.61 Å². The number of hydrogen-bond acceptors (Lipinski definition) is 3. The maximum Gasteiger partial charge on any atom is 0.119 e. The molecule has 3 nitrogen and oxygen atoms in total. The Morgan fingerprint density at radius 1 is 0.656 bits per heavy atom. The molecular formula is C29H36O3. The lowest BCUT2D eigenvalue weighted by Crippen LogP contribution is -1.97. The molecule has 3 heteroatoms. The zero-order valence-corrected chi connectivity index (χ0v) is 19.4. The van der Waals surface area contributed by atoms with Crippen LogP contribution in [-0.4, -0.2) is 11.7 Å². The molecule has 0 aliphatic carbocycles. The number of aliphatic hydroxyl groups is 1. The first-order valence-electron chi connectivity index (χ1n) is 11.9. The maximum absolute atomic E-state index is 9.60. The van der Waals surface area contributed by atoms with Gasteiger partial charge in [-0.05, 0) is 59.9 Å². The van der Waals surface area contributed by atoms with Gasteiger partial charge in [0, 0.05) is 0 Å². The molecule has 3 aromatic carbocycles. The summed E-state index contributed by atoms with van der Waals surface area (Å²) in [4.78, 5) is 0. The van der Waals surface area contributed by atoms with E-state index in [4.69, 9.17) is 9.47 Å². The van der Waals surface area contributed by atoms with E-state index in [9.17, 15) is 5.11 Å². The lowest BCUT2D eigenvalue weighted by atomic mass is 10.1. The summed E-state index contributed by atoms with van der Waals surface area (Å²) >= 11 is 0. The second-order valence-electron chi connectivity index (χ2n) is 8.37. The minimum absolute atomic E-state index is 0.446. The van der Waals surface area contributed by atoms with Crippen LogP contribution in [0.25, 0.3) is 11.1 Å².